The molecule has 2 aliphatic heterocycles. The Bertz CT molecular complexity index is 1090. The molecule has 0 radical (unpaired) electrons. The van der Waals surface area contributed by atoms with Gasteiger partial charge in [0.25, 0.3) is 5.91 Å². The largest absolute Gasteiger partial charge is 0.491 e. The van der Waals surface area contributed by atoms with Crippen LogP contribution in [0, 0.1) is 0 Å². The molecule has 1 atom stereocenters. The maximum Gasteiger partial charge on any atom is 0.251 e. The van der Waals surface area contributed by atoms with Crippen molar-refractivity contribution in [2.24, 2.45) is 0 Å². The molecule has 0 saturated carbocycles. The number of anilines is 1. The van der Waals surface area contributed by atoms with E-state index in [0.717, 1.165) is 49.5 Å². The number of piperazine rings is 1. The van der Waals surface area contributed by atoms with Crippen molar-refractivity contribution in [3.05, 3.63) is 83.9 Å². The van der Waals surface area contributed by atoms with Gasteiger partial charge in [-0.1, -0.05) is 48.5 Å². The average Bonchev–Trinajstić information content (AvgIpc) is 2.85. The normalized spacial score (nSPS) is 18.5. The van der Waals surface area contributed by atoms with E-state index >= 15 is 0 Å². The molecule has 1 fully saturated rings. The maximum atomic E-state index is 13.0. The number of nitrogens with one attached hydrogen (secondary N) is 1. The summed E-state index contributed by atoms with van der Waals surface area (Å²) in [5.74, 6) is 0.884. The first-order valence-corrected chi connectivity index (χ1v) is 11.3. The predicted molar refractivity (Wildman–Crippen MR) is 128 cm³/mol. The first-order chi connectivity index (χ1) is 15.7. The van der Waals surface area contributed by atoms with Crippen LogP contribution in [-0.4, -0.2) is 56.7 Å². The highest BCUT2D eigenvalue weighted by molar-refractivity contribution is 5.95. The summed E-state index contributed by atoms with van der Waals surface area (Å²) in [6.07, 6.45) is 0.780. The molecular formula is C27H29N3O2. The fourth-order valence-electron chi connectivity index (χ4n) is 4.57. The van der Waals surface area contributed by atoms with Gasteiger partial charge in [-0.3, -0.25) is 4.79 Å². The number of hydrogen-bond acceptors (Lipinski definition) is 4. The molecule has 5 nitrogen and oxygen atoms in total. The molecular weight excluding hydrogens is 398 g/mol. The van der Waals surface area contributed by atoms with E-state index in [0.29, 0.717) is 12.2 Å². The van der Waals surface area contributed by atoms with Gasteiger partial charge < -0.3 is 19.9 Å². The number of carbonyl (C=O) groups is 1. The summed E-state index contributed by atoms with van der Waals surface area (Å²) in [6, 6.07) is 24.2. The number of likely N-dealkylation sites (N-methyl/N-ethyl adjacent to an activating group) is 1. The highest BCUT2D eigenvalue weighted by Gasteiger charge is 2.27. The van der Waals surface area contributed by atoms with E-state index in [1.807, 2.05) is 48.5 Å². The molecule has 164 valence electrons. The van der Waals surface area contributed by atoms with Crippen molar-refractivity contribution in [3.8, 4) is 16.9 Å². The number of amides is 1. The quantitative estimate of drug-likeness (QED) is 0.687. The second-order valence-corrected chi connectivity index (χ2v) is 8.68. The molecule has 3 aromatic rings. The number of carbonyl (C=O) groups excluding carboxylic acids is 1. The minimum absolute atomic E-state index is 0.0519. The fourth-order valence-corrected chi connectivity index (χ4v) is 4.57. The number of rotatable bonds is 4. The second-order valence-electron chi connectivity index (χ2n) is 8.68. The lowest BCUT2D eigenvalue weighted by Gasteiger charge is -2.37. The standard InChI is InChI=1S/C27H29N3O2/c1-29-13-15-30(16-14-29)25-11-6-12-26-24(25)18-23(19-32-26)28-27(31)22-10-5-9-21(17-22)20-7-3-2-4-8-20/h2-12,17,23H,13-16,18-19H2,1H3,(H,28,31)/t23-/m0/s1. The maximum absolute atomic E-state index is 13.0. The molecule has 5 rings (SSSR count). The Kier molecular flexibility index (Phi) is 5.82. The summed E-state index contributed by atoms with van der Waals surface area (Å²) in [5.41, 5.74) is 5.26. The van der Waals surface area contributed by atoms with Crippen molar-refractivity contribution >= 4 is 11.6 Å². The molecule has 32 heavy (non-hydrogen) atoms. The molecule has 5 heteroatoms. The zero-order valence-corrected chi connectivity index (χ0v) is 18.5. The van der Waals surface area contributed by atoms with E-state index in [2.05, 4.69) is 46.4 Å². The van der Waals surface area contributed by atoms with Crippen LogP contribution >= 0.6 is 0 Å². The first kappa shape index (κ1) is 20.6. The Morgan fingerprint density at radius 3 is 2.47 bits per heavy atom. The lowest BCUT2D eigenvalue weighted by molar-refractivity contribution is 0.0915. The van der Waals surface area contributed by atoms with Crippen LogP contribution in [0.2, 0.25) is 0 Å². The van der Waals surface area contributed by atoms with Gasteiger partial charge >= 0.3 is 0 Å². The van der Waals surface area contributed by atoms with Gasteiger partial charge in [0.15, 0.2) is 0 Å². The molecule has 0 unspecified atom stereocenters. The Labute approximate surface area is 189 Å². The number of ether oxygens (including phenoxy) is 1. The third-order valence-electron chi connectivity index (χ3n) is 6.41. The van der Waals surface area contributed by atoms with Gasteiger partial charge in [0.1, 0.15) is 12.4 Å². The van der Waals surface area contributed by atoms with Gasteiger partial charge in [-0.15, -0.1) is 0 Å². The lowest BCUT2D eigenvalue weighted by Crippen LogP contribution is -2.46. The summed E-state index contributed by atoms with van der Waals surface area (Å²) < 4.78 is 6.07. The molecule has 1 N–H and O–H groups in total. The molecule has 0 bridgehead atoms. The molecule has 2 heterocycles. The third kappa shape index (κ3) is 4.34. The van der Waals surface area contributed by atoms with Gasteiger partial charge in [-0.25, -0.2) is 0 Å². The van der Waals surface area contributed by atoms with E-state index in [-0.39, 0.29) is 11.9 Å². The van der Waals surface area contributed by atoms with Crippen LogP contribution in [0.5, 0.6) is 5.75 Å². The van der Waals surface area contributed by atoms with Gasteiger partial charge in [-0.2, -0.15) is 0 Å². The summed E-state index contributed by atoms with van der Waals surface area (Å²) in [5, 5.41) is 3.20. The van der Waals surface area contributed by atoms with Crippen LogP contribution in [-0.2, 0) is 6.42 Å². The van der Waals surface area contributed by atoms with Crippen molar-refractivity contribution < 1.29 is 9.53 Å². The number of fused-ring (bicyclic) bond motifs is 1. The van der Waals surface area contributed by atoms with E-state index in [4.69, 9.17) is 4.74 Å². The SMILES string of the molecule is CN1CCN(c2cccc3c2C[C@H](NC(=O)c2cccc(-c4ccccc4)c2)CO3)CC1. The minimum atomic E-state index is -0.0584. The highest BCUT2D eigenvalue weighted by atomic mass is 16.5. The van der Waals surface area contributed by atoms with E-state index in [1.165, 1.54) is 11.3 Å². The van der Waals surface area contributed by atoms with E-state index < -0.39 is 0 Å². The second kappa shape index (κ2) is 9.05. The Hall–Kier alpha value is -3.31. The van der Waals surface area contributed by atoms with Gasteiger partial charge in [0.2, 0.25) is 0 Å². The van der Waals surface area contributed by atoms with Crippen molar-refractivity contribution in [1.82, 2.24) is 10.2 Å². The van der Waals surface area contributed by atoms with Crippen molar-refractivity contribution in [1.29, 1.82) is 0 Å². The summed E-state index contributed by atoms with van der Waals surface area (Å²) in [6.45, 7) is 4.63. The monoisotopic (exact) mass is 427 g/mol. The fraction of sp³-hybridized carbons (Fsp3) is 0.296. The smallest absolute Gasteiger partial charge is 0.251 e. The first-order valence-electron chi connectivity index (χ1n) is 11.3. The molecule has 0 aromatic heterocycles. The van der Waals surface area contributed by atoms with Crippen LogP contribution in [0.4, 0.5) is 5.69 Å². The topological polar surface area (TPSA) is 44.8 Å². The molecule has 1 saturated heterocycles. The van der Waals surface area contributed by atoms with Crippen molar-refractivity contribution in [2.45, 2.75) is 12.5 Å². The molecule has 2 aliphatic rings. The van der Waals surface area contributed by atoms with Gasteiger partial charge in [-0.05, 0) is 42.4 Å². The number of benzene rings is 3. The summed E-state index contributed by atoms with van der Waals surface area (Å²) in [7, 11) is 2.17. The van der Waals surface area contributed by atoms with Crippen molar-refractivity contribution in [3.63, 3.8) is 0 Å². The van der Waals surface area contributed by atoms with Gasteiger partial charge in [0.05, 0.1) is 6.04 Å². The van der Waals surface area contributed by atoms with Crippen LogP contribution in [0.1, 0.15) is 15.9 Å². The van der Waals surface area contributed by atoms with Crippen LogP contribution in [0.25, 0.3) is 11.1 Å². The highest BCUT2D eigenvalue weighted by Crippen LogP contribution is 2.34. The zero-order chi connectivity index (χ0) is 21.9. The Balaban J connectivity index is 1.31. The van der Waals surface area contributed by atoms with Crippen LogP contribution < -0.4 is 15.0 Å². The molecule has 0 aliphatic carbocycles. The number of nitrogens with zero attached hydrogens (tertiary/aromatic N) is 2. The Morgan fingerprint density at radius 1 is 0.906 bits per heavy atom. The van der Waals surface area contributed by atoms with E-state index in [1.54, 1.807) is 0 Å². The number of hydrogen-bond donors (Lipinski definition) is 1. The summed E-state index contributed by atoms with van der Waals surface area (Å²) in [4.78, 5) is 17.8. The van der Waals surface area contributed by atoms with Crippen molar-refractivity contribution in [2.75, 3.05) is 44.7 Å². The van der Waals surface area contributed by atoms with E-state index in [9.17, 15) is 4.79 Å². The van der Waals surface area contributed by atoms with Gasteiger partial charge in [0, 0.05) is 49.4 Å². The molecule has 3 aromatic carbocycles. The predicted octanol–water partition coefficient (Wildman–Crippen LogP) is 3.84. The Morgan fingerprint density at radius 2 is 1.66 bits per heavy atom. The third-order valence-corrected chi connectivity index (χ3v) is 6.41. The zero-order valence-electron chi connectivity index (χ0n) is 18.5. The molecule has 0 spiro atoms. The summed E-state index contributed by atoms with van der Waals surface area (Å²) >= 11 is 0. The minimum Gasteiger partial charge on any atom is -0.491 e. The van der Waals surface area contributed by atoms with Crippen LogP contribution in [0.15, 0.2) is 72.8 Å². The lowest BCUT2D eigenvalue weighted by atomic mass is 9.98. The average molecular weight is 428 g/mol. The molecule has 1 amide bonds. The van der Waals surface area contributed by atoms with Crippen LogP contribution in [0.3, 0.4) is 0 Å².